The highest BCUT2D eigenvalue weighted by molar-refractivity contribution is 5.34. The zero-order valence-corrected chi connectivity index (χ0v) is 11.0. The quantitative estimate of drug-likeness (QED) is 0.883. The summed E-state index contributed by atoms with van der Waals surface area (Å²) < 4.78 is 18.9. The Bertz CT molecular complexity index is 525. The van der Waals surface area contributed by atoms with Crippen molar-refractivity contribution in [2.45, 2.75) is 25.8 Å². The molecule has 2 aromatic carbocycles. The Morgan fingerprint density at radius 2 is 1.79 bits per heavy atom. The van der Waals surface area contributed by atoms with Crippen LogP contribution in [-0.4, -0.2) is 6.04 Å². The highest BCUT2D eigenvalue weighted by Gasteiger charge is 2.04. The molecular formula is C16H18FNO. The average molecular weight is 259 g/mol. The predicted molar refractivity (Wildman–Crippen MR) is 74.9 cm³/mol. The van der Waals surface area contributed by atoms with Crippen LogP contribution in [0.2, 0.25) is 0 Å². The van der Waals surface area contributed by atoms with E-state index in [-0.39, 0.29) is 17.6 Å². The Morgan fingerprint density at radius 3 is 2.42 bits per heavy atom. The van der Waals surface area contributed by atoms with Gasteiger partial charge in [0.05, 0.1) is 0 Å². The minimum atomic E-state index is -0.361. The summed E-state index contributed by atoms with van der Waals surface area (Å²) in [5.41, 5.74) is 7.07. The van der Waals surface area contributed by atoms with Gasteiger partial charge >= 0.3 is 0 Å². The number of benzene rings is 2. The average Bonchev–Trinajstić information content (AvgIpc) is 2.43. The molecule has 1 atom stereocenters. The lowest BCUT2D eigenvalue weighted by molar-refractivity contribution is 0.442. The molecule has 0 fully saturated rings. The molecule has 2 N–H and O–H groups in total. The smallest absolute Gasteiger partial charge is 0.165 e. The van der Waals surface area contributed by atoms with Crippen LogP contribution in [0.4, 0.5) is 4.39 Å². The third kappa shape index (κ3) is 3.80. The Hall–Kier alpha value is -1.87. The molecule has 0 aliphatic rings. The topological polar surface area (TPSA) is 35.2 Å². The summed E-state index contributed by atoms with van der Waals surface area (Å²) >= 11 is 0. The van der Waals surface area contributed by atoms with Gasteiger partial charge in [-0.15, -0.1) is 0 Å². The summed E-state index contributed by atoms with van der Waals surface area (Å²) in [4.78, 5) is 0. The number of halogens is 1. The summed E-state index contributed by atoms with van der Waals surface area (Å²) in [6.45, 7) is 2.07. The van der Waals surface area contributed by atoms with E-state index in [1.54, 1.807) is 18.2 Å². The van der Waals surface area contributed by atoms with Gasteiger partial charge < -0.3 is 10.5 Å². The molecule has 0 radical (unpaired) electrons. The Labute approximate surface area is 113 Å². The van der Waals surface area contributed by atoms with Crippen molar-refractivity contribution in [3.05, 3.63) is 59.9 Å². The van der Waals surface area contributed by atoms with Crippen molar-refractivity contribution in [1.29, 1.82) is 0 Å². The second-order valence-corrected chi connectivity index (χ2v) is 4.55. The fraction of sp³-hybridized carbons (Fsp3) is 0.250. The van der Waals surface area contributed by atoms with E-state index < -0.39 is 0 Å². The zero-order valence-electron chi connectivity index (χ0n) is 11.0. The Morgan fingerprint density at radius 1 is 1.11 bits per heavy atom. The lowest BCUT2D eigenvalue weighted by atomic mass is 10.0. The fourth-order valence-electron chi connectivity index (χ4n) is 1.80. The maximum absolute atomic E-state index is 13.4. The minimum absolute atomic E-state index is 0.179. The van der Waals surface area contributed by atoms with Crippen molar-refractivity contribution in [3.8, 4) is 11.5 Å². The van der Waals surface area contributed by atoms with Crippen LogP contribution in [0.3, 0.4) is 0 Å². The van der Waals surface area contributed by atoms with Gasteiger partial charge in [0, 0.05) is 6.04 Å². The Kier molecular flexibility index (Phi) is 4.53. The van der Waals surface area contributed by atoms with Gasteiger partial charge in [-0.25, -0.2) is 4.39 Å². The van der Waals surface area contributed by atoms with Crippen LogP contribution in [0.15, 0.2) is 48.5 Å². The first-order chi connectivity index (χ1) is 9.19. The van der Waals surface area contributed by atoms with E-state index in [9.17, 15) is 4.39 Å². The van der Waals surface area contributed by atoms with Crippen LogP contribution < -0.4 is 10.5 Å². The van der Waals surface area contributed by atoms with Crippen LogP contribution in [0.1, 0.15) is 18.9 Å². The van der Waals surface area contributed by atoms with E-state index in [0.717, 1.165) is 18.4 Å². The Balaban J connectivity index is 2.05. The van der Waals surface area contributed by atoms with Crippen molar-refractivity contribution in [3.63, 3.8) is 0 Å². The largest absolute Gasteiger partial charge is 0.454 e. The van der Waals surface area contributed by atoms with Crippen molar-refractivity contribution in [2.24, 2.45) is 5.73 Å². The maximum Gasteiger partial charge on any atom is 0.165 e. The van der Waals surface area contributed by atoms with Crippen molar-refractivity contribution in [2.75, 3.05) is 0 Å². The maximum atomic E-state index is 13.4. The highest BCUT2D eigenvalue weighted by atomic mass is 19.1. The molecule has 0 amide bonds. The number of rotatable bonds is 5. The van der Waals surface area contributed by atoms with E-state index in [1.165, 1.54) is 6.07 Å². The first-order valence-corrected chi connectivity index (χ1v) is 6.46. The number of para-hydroxylation sites is 1. The van der Waals surface area contributed by atoms with E-state index in [2.05, 4.69) is 6.92 Å². The third-order valence-corrected chi connectivity index (χ3v) is 3.01. The normalized spacial score (nSPS) is 12.2. The lowest BCUT2D eigenvalue weighted by Crippen LogP contribution is -2.21. The molecule has 19 heavy (non-hydrogen) atoms. The first kappa shape index (κ1) is 13.6. The molecular weight excluding hydrogens is 241 g/mol. The van der Waals surface area contributed by atoms with Gasteiger partial charge in [-0.05, 0) is 42.7 Å². The summed E-state index contributed by atoms with van der Waals surface area (Å²) in [7, 11) is 0. The van der Waals surface area contributed by atoms with Crippen molar-refractivity contribution >= 4 is 0 Å². The molecule has 0 spiro atoms. The van der Waals surface area contributed by atoms with E-state index in [1.807, 2.05) is 24.3 Å². The van der Waals surface area contributed by atoms with Crippen molar-refractivity contribution < 1.29 is 9.13 Å². The molecule has 2 nitrogen and oxygen atoms in total. The SMILES string of the molecule is CCC(N)Cc1ccc(Oc2ccccc2F)cc1. The monoisotopic (exact) mass is 259 g/mol. The van der Waals surface area contributed by atoms with Crippen LogP contribution >= 0.6 is 0 Å². The van der Waals surface area contributed by atoms with Crippen molar-refractivity contribution in [1.82, 2.24) is 0 Å². The number of hydrogen-bond donors (Lipinski definition) is 1. The second-order valence-electron chi connectivity index (χ2n) is 4.55. The first-order valence-electron chi connectivity index (χ1n) is 6.46. The standard InChI is InChI=1S/C16H18FNO/c1-2-13(18)11-12-7-9-14(10-8-12)19-16-6-4-3-5-15(16)17/h3-10,13H,2,11,18H2,1H3. The zero-order chi connectivity index (χ0) is 13.7. The van der Waals surface area contributed by atoms with Crippen LogP contribution in [0, 0.1) is 5.82 Å². The molecule has 1 unspecified atom stereocenters. The molecule has 0 saturated heterocycles. The summed E-state index contributed by atoms with van der Waals surface area (Å²) in [6.07, 6.45) is 1.80. The van der Waals surface area contributed by atoms with Crippen LogP contribution in [0.5, 0.6) is 11.5 Å². The summed E-state index contributed by atoms with van der Waals surface area (Å²) in [5, 5.41) is 0. The molecule has 0 aliphatic heterocycles. The lowest BCUT2D eigenvalue weighted by Gasteiger charge is -2.10. The van der Waals surface area contributed by atoms with E-state index >= 15 is 0 Å². The predicted octanol–water partition coefficient (Wildman–Crippen LogP) is 3.90. The van der Waals surface area contributed by atoms with Gasteiger partial charge in [-0.2, -0.15) is 0 Å². The molecule has 0 bridgehead atoms. The van der Waals surface area contributed by atoms with Crippen LogP contribution in [0.25, 0.3) is 0 Å². The molecule has 0 aliphatic carbocycles. The molecule has 3 heteroatoms. The van der Waals surface area contributed by atoms with Gasteiger partial charge in [0.25, 0.3) is 0 Å². The van der Waals surface area contributed by atoms with Crippen LogP contribution in [-0.2, 0) is 6.42 Å². The number of ether oxygens (including phenoxy) is 1. The molecule has 0 saturated carbocycles. The summed E-state index contributed by atoms with van der Waals surface area (Å²) in [6, 6.07) is 14.1. The van der Waals surface area contributed by atoms with E-state index in [4.69, 9.17) is 10.5 Å². The molecule has 0 aromatic heterocycles. The fourth-order valence-corrected chi connectivity index (χ4v) is 1.80. The molecule has 2 rings (SSSR count). The minimum Gasteiger partial charge on any atom is -0.454 e. The second kappa shape index (κ2) is 6.34. The van der Waals surface area contributed by atoms with Gasteiger partial charge in [0.15, 0.2) is 11.6 Å². The molecule has 0 heterocycles. The summed E-state index contributed by atoms with van der Waals surface area (Å²) in [5.74, 6) is 0.499. The van der Waals surface area contributed by atoms with Gasteiger partial charge in [-0.3, -0.25) is 0 Å². The van der Waals surface area contributed by atoms with Gasteiger partial charge in [0.1, 0.15) is 5.75 Å². The number of hydrogen-bond acceptors (Lipinski definition) is 2. The molecule has 2 aromatic rings. The van der Waals surface area contributed by atoms with E-state index in [0.29, 0.717) is 5.75 Å². The molecule has 100 valence electrons. The highest BCUT2D eigenvalue weighted by Crippen LogP contribution is 2.24. The van der Waals surface area contributed by atoms with Gasteiger partial charge in [0.2, 0.25) is 0 Å². The number of nitrogens with two attached hydrogens (primary N) is 1. The van der Waals surface area contributed by atoms with Gasteiger partial charge in [-0.1, -0.05) is 31.2 Å². The third-order valence-electron chi connectivity index (χ3n) is 3.01.